The van der Waals surface area contributed by atoms with Crippen LogP contribution in [0.25, 0.3) is 0 Å². The number of hydrogen-bond acceptors (Lipinski definition) is 2. The second-order valence-corrected chi connectivity index (χ2v) is 3.22. The van der Waals surface area contributed by atoms with E-state index in [9.17, 15) is 0 Å². The third-order valence-electron chi connectivity index (χ3n) is 1.01. The van der Waals surface area contributed by atoms with Crippen LogP contribution >= 0.6 is 15.9 Å². The van der Waals surface area contributed by atoms with Crippen LogP contribution in [0.4, 0.5) is 0 Å². The van der Waals surface area contributed by atoms with Crippen molar-refractivity contribution < 1.29 is 0 Å². The van der Waals surface area contributed by atoms with Gasteiger partial charge in [0.1, 0.15) is 0 Å². The van der Waals surface area contributed by atoms with Crippen LogP contribution in [0.5, 0.6) is 0 Å². The van der Waals surface area contributed by atoms with Gasteiger partial charge in [-0.15, -0.1) is 0 Å². The fourth-order valence-corrected chi connectivity index (χ4v) is 1.02. The number of nitrogens with zero attached hydrogens (tertiary/aromatic N) is 2. The van der Waals surface area contributed by atoms with Crippen molar-refractivity contribution in [1.29, 1.82) is 0 Å². The second-order valence-electron chi connectivity index (χ2n) is 2.30. The predicted molar refractivity (Wildman–Crippen MR) is 47.3 cm³/mol. The molecule has 0 aliphatic carbocycles. The van der Waals surface area contributed by atoms with E-state index in [2.05, 4.69) is 20.9 Å². The van der Waals surface area contributed by atoms with Gasteiger partial charge in [-0.3, -0.25) is 4.99 Å². The molecule has 0 radical (unpaired) electrons. The van der Waals surface area contributed by atoms with E-state index in [0.29, 0.717) is 0 Å². The molecule has 1 rings (SSSR count). The highest BCUT2D eigenvalue weighted by molar-refractivity contribution is 9.12. The van der Waals surface area contributed by atoms with E-state index in [4.69, 9.17) is 0 Å². The summed E-state index contributed by atoms with van der Waals surface area (Å²) in [6, 6.07) is 0. The Morgan fingerprint density at radius 2 is 2.30 bits per heavy atom. The molecule has 0 amide bonds. The van der Waals surface area contributed by atoms with Crippen molar-refractivity contribution in [2.24, 2.45) is 4.99 Å². The Labute approximate surface area is 69.1 Å². The molecule has 0 bridgehead atoms. The van der Waals surface area contributed by atoms with Gasteiger partial charge in [0.05, 0.1) is 5.70 Å². The molecule has 0 saturated heterocycles. The van der Waals surface area contributed by atoms with E-state index in [1.807, 2.05) is 31.3 Å². The topological polar surface area (TPSA) is 15.6 Å². The fraction of sp³-hybridized carbons (Fsp3) is 0.286. The van der Waals surface area contributed by atoms with Crippen LogP contribution in [0.2, 0.25) is 0 Å². The van der Waals surface area contributed by atoms with Gasteiger partial charge >= 0.3 is 0 Å². The van der Waals surface area contributed by atoms with Crippen LogP contribution in [0.3, 0.4) is 0 Å². The van der Waals surface area contributed by atoms with Crippen molar-refractivity contribution in [3.63, 3.8) is 0 Å². The summed E-state index contributed by atoms with van der Waals surface area (Å²) >= 11 is 3.32. The van der Waals surface area contributed by atoms with Crippen LogP contribution in [0.15, 0.2) is 27.4 Å². The average molecular weight is 201 g/mol. The summed E-state index contributed by atoms with van der Waals surface area (Å²) < 4.78 is 1.03. The Bertz CT molecular complexity index is 214. The number of rotatable bonds is 1. The minimum atomic E-state index is 0.983. The molecule has 0 saturated carbocycles. The lowest BCUT2D eigenvalue weighted by atomic mass is 10.4. The van der Waals surface area contributed by atoms with E-state index in [1.165, 1.54) is 0 Å². The number of allylic oxidation sites excluding steroid dienone is 2. The lowest BCUT2D eigenvalue weighted by molar-refractivity contribution is 0.559. The smallest absolute Gasteiger partial charge is 0.0800 e. The zero-order valence-corrected chi connectivity index (χ0v) is 7.59. The first kappa shape index (κ1) is 7.54. The van der Waals surface area contributed by atoms with Crippen molar-refractivity contribution in [3.8, 4) is 0 Å². The maximum atomic E-state index is 4.11. The first-order valence-corrected chi connectivity index (χ1v) is 3.77. The SMILES string of the molecule is CN(C)C=C1C=C(Br)C=N1. The summed E-state index contributed by atoms with van der Waals surface area (Å²) in [5, 5.41) is 0. The lowest BCUT2D eigenvalue weighted by Gasteiger charge is -2.03. The van der Waals surface area contributed by atoms with Gasteiger partial charge in [0.25, 0.3) is 0 Å². The summed E-state index contributed by atoms with van der Waals surface area (Å²) in [4.78, 5) is 6.08. The molecule has 0 aromatic carbocycles. The average Bonchev–Trinajstić information content (AvgIpc) is 2.13. The molecule has 54 valence electrons. The van der Waals surface area contributed by atoms with Gasteiger partial charge in [-0.25, -0.2) is 0 Å². The first-order valence-electron chi connectivity index (χ1n) is 2.98. The third-order valence-corrected chi connectivity index (χ3v) is 1.45. The molecular formula is C7H9BrN2. The standard InChI is InChI=1S/C7H9BrN2/c1-10(2)5-7-3-6(8)4-9-7/h3-5H,1-2H3. The molecule has 0 N–H and O–H groups in total. The maximum absolute atomic E-state index is 4.11. The Morgan fingerprint density at radius 1 is 1.60 bits per heavy atom. The van der Waals surface area contributed by atoms with Gasteiger partial charge in [-0.2, -0.15) is 0 Å². The zero-order valence-electron chi connectivity index (χ0n) is 6.00. The fourth-order valence-electron chi connectivity index (χ4n) is 0.687. The van der Waals surface area contributed by atoms with Crippen LogP contribution in [0, 0.1) is 0 Å². The minimum absolute atomic E-state index is 0.983. The molecule has 1 aliphatic heterocycles. The molecular weight excluding hydrogens is 192 g/mol. The quantitative estimate of drug-likeness (QED) is 0.631. The van der Waals surface area contributed by atoms with Crippen LogP contribution in [-0.4, -0.2) is 25.2 Å². The molecule has 3 heteroatoms. The summed E-state index contributed by atoms with van der Waals surface area (Å²) in [6.07, 6.45) is 5.72. The highest BCUT2D eigenvalue weighted by atomic mass is 79.9. The van der Waals surface area contributed by atoms with E-state index in [0.717, 1.165) is 10.2 Å². The molecule has 0 unspecified atom stereocenters. The molecule has 1 aliphatic rings. The molecule has 1 heterocycles. The molecule has 0 aromatic rings. The van der Waals surface area contributed by atoms with Crippen molar-refractivity contribution >= 4 is 22.1 Å². The number of hydrogen-bond donors (Lipinski definition) is 0. The van der Waals surface area contributed by atoms with E-state index >= 15 is 0 Å². The highest BCUT2D eigenvalue weighted by Gasteiger charge is 1.98. The van der Waals surface area contributed by atoms with Crippen molar-refractivity contribution in [1.82, 2.24) is 4.90 Å². The normalized spacial score (nSPS) is 19.9. The molecule has 0 atom stereocenters. The van der Waals surface area contributed by atoms with Gasteiger partial charge < -0.3 is 4.90 Å². The van der Waals surface area contributed by atoms with Gasteiger partial charge in [0.15, 0.2) is 0 Å². The molecule has 10 heavy (non-hydrogen) atoms. The minimum Gasteiger partial charge on any atom is -0.382 e. The Morgan fingerprint density at radius 3 is 2.70 bits per heavy atom. The van der Waals surface area contributed by atoms with Gasteiger partial charge in [0, 0.05) is 31.0 Å². The zero-order chi connectivity index (χ0) is 7.56. The molecule has 0 fully saturated rings. The van der Waals surface area contributed by atoms with Crippen LogP contribution in [0.1, 0.15) is 0 Å². The van der Waals surface area contributed by atoms with E-state index in [-0.39, 0.29) is 0 Å². The summed E-state index contributed by atoms with van der Waals surface area (Å²) in [6.45, 7) is 0. The van der Waals surface area contributed by atoms with Gasteiger partial charge in [-0.05, 0) is 22.0 Å². The second kappa shape index (κ2) is 3.01. The molecule has 0 spiro atoms. The van der Waals surface area contributed by atoms with Gasteiger partial charge in [0.2, 0.25) is 0 Å². The highest BCUT2D eigenvalue weighted by Crippen LogP contribution is 2.15. The Kier molecular flexibility index (Phi) is 2.27. The van der Waals surface area contributed by atoms with Crippen molar-refractivity contribution in [3.05, 3.63) is 22.5 Å². The third kappa shape index (κ3) is 1.99. The number of aliphatic imine (C=N–C) groups is 1. The summed E-state index contributed by atoms with van der Waals surface area (Å²) in [5.41, 5.74) is 0.983. The predicted octanol–water partition coefficient (Wildman–Crippen LogP) is 1.75. The first-order chi connectivity index (χ1) is 4.68. The van der Waals surface area contributed by atoms with Gasteiger partial charge in [-0.1, -0.05) is 0 Å². The Balaban J connectivity index is 2.70. The molecule has 2 nitrogen and oxygen atoms in total. The van der Waals surface area contributed by atoms with Crippen LogP contribution in [-0.2, 0) is 0 Å². The summed E-state index contributed by atoms with van der Waals surface area (Å²) in [7, 11) is 3.95. The van der Waals surface area contributed by atoms with E-state index in [1.54, 1.807) is 6.21 Å². The summed E-state index contributed by atoms with van der Waals surface area (Å²) in [5.74, 6) is 0. The van der Waals surface area contributed by atoms with Crippen molar-refractivity contribution in [2.75, 3.05) is 14.1 Å². The van der Waals surface area contributed by atoms with Crippen molar-refractivity contribution in [2.45, 2.75) is 0 Å². The molecule has 0 aromatic heterocycles. The largest absolute Gasteiger partial charge is 0.382 e. The maximum Gasteiger partial charge on any atom is 0.0800 e. The Hall–Kier alpha value is -0.570. The monoisotopic (exact) mass is 200 g/mol. The van der Waals surface area contributed by atoms with Crippen LogP contribution < -0.4 is 0 Å². The van der Waals surface area contributed by atoms with E-state index < -0.39 is 0 Å². The number of halogens is 1. The lowest BCUT2D eigenvalue weighted by Crippen LogP contribution is -2.01.